The van der Waals surface area contributed by atoms with Crippen molar-refractivity contribution in [2.45, 2.75) is 18.9 Å². The highest BCUT2D eigenvalue weighted by Crippen LogP contribution is 2.23. The molecule has 1 aromatic rings. The molecule has 15 heavy (non-hydrogen) atoms. The van der Waals surface area contributed by atoms with Crippen molar-refractivity contribution in [3.8, 4) is 0 Å². The highest BCUT2D eigenvalue weighted by Gasteiger charge is 2.32. The second kappa shape index (κ2) is 3.58. The fraction of sp³-hybridized carbons (Fsp3) is 0.500. The lowest BCUT2D eigenvalue weighted by molar-refractivity contribution is 0.0838. The minimum atomic E-state index is -0.660. The van der Waals surface area contributed by atoms with Crippen LogP contribution in [-0.4, -0.2) is 40.1 Å². The first-order valence-electron chi connectivity index (χ1n) is 4.85. The van der Waals surface area contributed by atoms with Gasteiger partial charge in [0.15, 0.2) is 6.29 Å². The molecule has 0 aliphatic carbocycles. The predicted octanol–water partition coefficient (Wildman–Crippen LogP) is 0.250. The monoisotopic (exact) mass is 207 g/mol. The Kier molecular flexibility index (Phi) is 2.40. The van der Waals surface area contributed by atoms with Gasteiger partial charge in [-0.3, -0.25) is 4.79 Å². The maximum atomic E-state index is 10.4. The van der Waals surface area contributed by atoms with E-state index >= 15 is 0 Å². The molecule has 0 amide bonds. The summed E-state index contributed by atoms with van der Waals surface area (Å²) < 4.78 is 0. The van der Waals surface area contributed by atoms with Gasteiger partial charge < -0.3 is 10.0 Å². The lowest BCUT2D eigenvalue weighted by Crippen LogP contribution is -2.30. The Balaban J connectivity index is 2.14. The van der Waals surface area contributed by atoms with Gasteiger partial charge in [0.05, 0.1) is 11.2 Å². The zero-order chi connectivity index (χ0) is 10.9. The van der Waals surface area contributed by atoms with Gasteiger partial charge in [0.1, 0.15) is 0 Å². The molecule has 1 fully saturated rings. The molecule has 5 heteroatoms. The van der Waals surface area contributed by atoms with Crippen LogP contribution in [0.4, 0.5) is 5.95 Å². The summed E-state index contributed by atoms with van der Waals surface area (Å²) in [6, 6.07) is 0. The summed E-state index contributed by atoms with van der Waals surface area (Å²) in [5, 5.41) is 9.77. The molecule has 1 N–H and O–H groups in total. The van der Waals surface area contributed by atoms with E-state index in [4.69, 9.17) is 0 Å². The molecule has 1 saturated heterocycles. The molecule has 1 aliphatic rings. The average Bonchev–Trinajstić information content (AvgIpc) is 2.59. The number of aromatic nitrogens is 2. The third-order valence-corrected chi connectivity index (χ3v) is 2.53. The summed E-state index contributed by atoms with van der Waals surface area (Å²) in [7, 11) is 0. The van der Waals surface area contributed by atoms with Crippen LogP contribution < -0.4 is 4.90 Å². The number of anilines is 1. The number of aliphatic hydroxyl groups is 1. The highest BCUT2D eigenvalue weighted by molar-refractivity contribution is 5.73. The number of nitrogens with zero attached hydrogens (tertiary/aromatic N) is 3. The zero-order valence-electron chi connectivity index (χ0n) is 8.55. The van der Waals surface area contributed by atoms with Gasteiger partial charge in [-0.05, 0) is 13.3 Å². The molecule has 1 aliphatic heterocycles. The molecular weight excluding hydrogens is 194 g/mol. The van der Waals surface area contributed by atoms with Crippen molar-refractivity contribution in [1.82, 2.24) is 9.97 Å². The SMILES string of the molecule is CC1(O)CCN(c2ncc(C=O)cn2)C1. The Morgan fingerprint density at radius 1 is 1.53 bits per heavy atom. The molecule has 5 nitrogen and oxygen atoms in total. The molecule has 2 rings (SSSR count). The molecule has 0 spiro atoms. The van der Waals surface area contributed by atoms with Crippen LogP contribution in [0.5, 0.6) is 0 Å². The van der Waals surface area contributed by atoms with Crippen LogP contribution in [0.25, 0.3) is 0 Å². The Morgan fingerprint density at radius 2 is 2.20 bits per heavy atom. The average molecular weight is 207 g/mol. The smallest absolute Gasteiger partial charge is 0.225 e. The molecule has 1 unspecified atom stereocenters. The Hall–Kier alpha value is -1.49. The van der Waals surface area contributed by atoms with Gasteiger partial charge in [0.25, 0.3) is 0 Å². The van der Waals surface area contributed by atoms with E-state index < -0.39 is 5.60 Å². The number of carbonyl (C=O) groups excluding carboxylic acids is 1. The fourth-order valence-electron chi connectivity index (χ4n) is 1.67. The van der Waals surface area contributed by atoms with E-state index in [2.05, 4.69) is 9.97 Å². The van der Waals surface area contributed by atoms with Crippen molar-refractivity contribution in [3.05, 3.63) is 18.0 Å². The van der Waals surface area contributed by atoms with Crippen LogP contribution in [0.3, 0.4) is 0 Å². The zero-order valence-corrected chi connectivity index (χ0v) is 8.55. The molecule has 0 bridgehead atoms. The van der Waals surface area contributed by atoms with Crippen molar-refractivity contribution < 1.29 is 9.90 Å². The van der Waals surface area contributed by atoms with Gasteiger partial charge in [0.2, 0.25) is 5.95 Å². The molecule has 0 saturated carbocycles. The Morgan fingerprint density at radius 3 is 2.67 bits per heavy atom. The normalized spacial score (nSPS) is 25.6. The molecule has 0 radical (unpaired) electrons. The number of hydrogen-bond acceptors (Lipinski definition) is 5. The topological polar surface area (TPSA) is 66.3 Å². The first-order chi connectivity index (χ1) is 7.11. The van der Waals surface area contributed by atoms with Gasteiger partial charge in [0, 0.05) is 25.5 Å². The van der Waals surface area contributed by atoms with E-state index in [9.17, 15) is 9.90 Å². The van der Waals surface area contributed by atoms with Crippen molar-refractivity contribution in [1.29, 1.82) is 0 Å². The van der Waals surface area contributed by atoms with Crippen molar-refractivity contribution in [2.75, 3.05) is 18.0 Å². The standard InChI is InChI=1S/C10H13N3O2/c1-10(15)2-3-13(7-10)9-11-4-8(6-14)5-12-9/h4-6,15H,2-3,7H2,1H3. The largest absolute Gasteiger partial charge is 0.388 e. The number of aldehydes is 1. The Labute approximate surface area is 87.8 Å². The van der Waals surface area contributed by atoms with Crippen LogP contribution in [0.2, 0.25) is 0 Å². The maximum Gasteiger partial charge on any atom is 0.225 e. The number of carbonyl (C=O) groups is 1. The molecule has 2 heterocycles. The quantitative estimate of drug-likeness (QED) is 0.704. The first-order valence-corrected chi connectivity index (χ1v) is 4.85. The number of hydrogen-bond donors (Lipinski definition) is 1. The summed E-state index contributed by atoms with van der Waals surface area (Å²) in [5.41, 5.74) is -0.197. The van der Waals surface area contributed by atoms with E-state index in [1.165, 1.54) is 12.4 Å². The summed E-state index contributed by atoms with van der Waals surface area (Å²) in [6.07, 6.45) is 4.40. The summed E-state index contributed by atoms with van der Waals surface area (Å²) in [5.74, 6) is 0.568. The van der Waals surface area contributed by atoms with Crippen molar-refractivity contribution in [2.24, 2.45) is 0 Å². The second-order valence-corrected chi connectivity index (χ2v) is 4.10. The van der Waals surface area contributed by atoms with E-state index in [0.29, 0.717) is 30.8 Å². The summed E-state index contributed by atoms with van der Waals surface area (Å²) >= 11 is 0. The maximum absolute atomic E-state index is 10.4. The molecule has 1 atom stereocenters. The van der Waals surface area contributed by atoms with Crippen molar-refractivity contribution >= 4 is 12.2 Å². The van der Waals surface area contributed by atoms with E-state index in [1.54, 1.807) is 6.92 Å². The number of rotatable bonds is 2. The van der Waals surface area contributed by atoms with Crippen LogP contribution >= 0.6 is 0 Å². The van der Waals surface area contributed by atoms with Gasteiger partial charge in [-0.1, -0.05) is 0 Å². The first kappa shape index (κ1) is 10.0. The summed E-state index contributed by atoms with van der Waals surface area (Å²) in [6.45, 7) is 3.08. The third-order valence-electron chi connectivity index (χ3n) is 2.53. The van der Waals surface area contributed by atoms with Crippen LogP contribution in [0.15, 0.2) is 12.4 Å². The van der Waals surface area contributed by atoms with Crippen LogP contribution in [0.1, 0.15) is 23.7 Å². The minimum Gasteiger partial charge on any atom is -0.388 e. The lowest BCUT2D eigenvalue weighted by atomic mass is 10.1. The van der Waals surface area contributed by atoms with Crippen molar-refractivity contribution in [3.63, 3.8) is 0 Å². The van der Waals surface area contributed by atoms with Gasteiger partial charge in [-0.15, -0.1) is 0 Å². The Bertz CT molecular complexity index is 361. The van der Waals surface area contributed by atoms with E-state index in [-0.39, 0.29) is 0 Å². The third kappa shape index (κ3) is 2.12. The molecule has 1 aromatic heterocycles. The lowest BCUT2D eigenvalue weighted by Gasteiger charge is -2.18. The van der Waals surface area contributed by atoms with Crippen LogP contribution in [0, 0.1) is 0 Å². The predicted molar refractivity (Wildman–Crippen MR) is 54.9 cm³/mol. The molecule has 80 valence electrons. The van der Waals surface area contributed by atoms with Crippen LogP contribution in [-0.2, 0) is 0 Å². The highest BCUT2D eigenvalue weighted by atomic mass is 16.3. The van der Waals surface area contributed by atoms with E-state index in [0.717, 1.165) is 6.54 Å². The minimum absolute atomic E-state index is 0.463. The van der Waals surface area contributed by atoms with E-state index in [1.807, 2.05) is 4.90 Å². The fourth-order valence-corrected chi connectivity index (χ4v) is 1.67. The van der Waals surface area contributed by atoms with Gasteiger partial charge in [-0.25, -0.2) is 9.97 Å². The molecular formula is C10H13N3O2. The molecule has 0 aromatic carbocycles. The second-order valence-electron chi connectivity index (χ2n) is 4.10. The number of β-amino-alcohol motifs (C(OH)–C–C–N with tert-alkyl or cyclic N) is 1. The summed E-state index contributed by atoms with van der Waals surface area (Å²) in [4.78, 5) is 20.5. The van der Waals surface area contributed by atoms with Gasteiger partial charge in [-0.2, -0.15) is 0 Å². The van der Waals surface area contributed by atoms with Gasteiger partial charge >= 0.3 is 0 Å².